The van der Waals surface area contributed by atoms with E-state index < -0.39 is 0 Å². The van der Waals surface area contributed by atoms with Crippen molar-refractivity contribution in [1.29, 1.82) is 0 Å². The number of amides is 2. The number of hydrogen-bond donors (Lipinski definition) is 2. The van der Waals surface area contributed by atoms with Crippen LogP contribution in [0.25, 0.3) is 0 Å². The summed E-state index contributed by atoms with van der Waals surface area (Å²) >= 11 is 0. The summed E-state index contributed by atoms with van der Waals surface area (Å²) in [4.78, 5) is 18.5. The fourth-order valence-corrected chi connectivity index (χ4v) is 2.55. The summed E-state index contributed by atoms with van der Waals surface area (Å²) in [5, 5.41) is 5.63. The third-order valence-electron chi connectivity index (χ3n) is 3.73. The smallest absolute Gasteiger partial charge is 0.319 e. The third-order valence-corrected chi connectivity index (χ3v) is 3.73. The molecule has 5 nitrogen and oxygen atoms in total. The van der Waals surface area contributed by atoms with Gasteiger partial charge < -0.3 is 15.5 Å². The van der Waals surface area contributed by atoms with Crippen molar-refractivity contribution in [3.63, 3.8) is 0 Å². The van der Waals surface area contributed by atoms with Crippen LogP contribution in [0.2, 0.25) is 0 Å². The van der Waals surface area contributed by atoms with Crippen LogP contribution in [-0.2, 0) is 6.54 Å². The monoisotopic (exact) mass is 296 g/mol. The van der Waals surface area contributed by atoms with Gasteiger partial charge in [0.2, 0.25) is 0 Å². The highest BCUT2D eigenvalue weighted by atomic mass is 16.2. The van der Waals surface area contributed by atoms with Gasteiger partial charge in [-0.05, 0) is 30.5 Å². The van der Waals surface area contributed by atoms with Gasteiger partial charge in [-0.3, -0.25) is 0 Å². The van der Waals surface area contributed by atoms with E-state index >= 15 is 0 Å². The predicted molar refractivity (Wildman–Crippen MR) is 88.0 cm³/mol. The molecule has 0 aliphatic carbocycles. The summed E-state index contributed by atoms with van der Waals surface area (Å²) in [5.41, 5.74) is 1.77. The van der Waals surface area contributed by atoms with Crippen molar-refractivity contribution in [2.24, 2.45) is 0 Å². The molecule has 1 aliphatic rings. The molecule has 0 saturated carbocycles. The fourth-order valence-electron chi connectivity index (χ4n) is 2.55. The lowest BCUT2D eigenvalue weighted by Gasteiger charge is -2.16. The minimum absolute atomic E-state index is 0.223. The zero-order valence-electron chi connectivity index (χ0n) is 12.5. The average Bonchev–Trinajstić information content (AvgIpc) is 3.09. The lowest BCUT2D eigenvalue weighted by atomic mass is 10.2. The van der Waals surface area contributed by atoms with Crippen LogP contribution in [0.15, 0.2) is 48.7 Å². The van der Waals surface area contributed by atoms with Gasteiger partial charge in [0, 0.05) is 19.6 Å². The van der Waals surface area contributed by atoms with Crippen LogP contribution in [0.1, 0.15) is 18.4 Å². The lowest BCUT2D eigenvalue weighted by Crippen LogP contribution is -2.28. The van der Waals surface area contributed by atoms with Crippen molar-refractivity contribution >= 4 is 17.5 Å². The summed E-state index contributed by atoms with van der Waals surface area (Å²) in [6, 6.07) is 13.4. The first kappa shape index (κ1) is 14.4. The van der Waals surface area contributed by atoms with E-state index in [1.54, 1.807) is 6.20 Å². The second-order valence-electron chi connectivity index (χ2n) is 5.39. The molecule has 2 N–H and O–H groups in total. The second-order valence-corrected chi connectivity index (χ2v) is 5.39. The number of hydrogen-bond acceptors (Lipinski definition) is 3. The van der Waals surface area contributed by atoms with E-state index in [4.69, 9.17) is 0 Å². The number of nitrogens with zero attached hydrogens (tertiary/aromatic N) is 2. The van der Waals surface area contributed by atoms with Crippen LogP contribution in [0.4, 0.5) is 16.3 Å². The number of anilines is 2. The molecule has 1 saturated heterocycles. The minimum atomic E-state index is -0.223. The number of carbonyl (C=O) groups is 1. The zero-order chi connectivity index (χ0) is 15.2. The van der Waals surface area contributed by atoms with E-state index in [1.165, 1.54) is 12.8 Å². The van der Waals surface area contributed by atoms with Crippen molar-refractivity contribution in [3.8, 4) is 0 Å². The summed E-state index contributed by atoms with van der Waals surface area (Å²) in [7, 11) is 0. The molecule has 0 spiro atoms. The zero-order valence-corrected chi connectivity index (χ0v) is 12.5. The van der Waals surface area contributed by atoms with Gasteiger partial charge in [-0.25, -0.2) is 9.78 Å². The van der Waals surface area contributed by atoms with Crippen LogP contribution < -0.4 is 15.5 Å². The quantitative estimate of drug-likeness (QED) is 0.912. The molecule has 0 radical (unpaired) electrons. The first-order chi connectivity index (χ1) is 10.8. The topological polar surface area (TPSA) is 57.3 Å². The van der Waals surface area contributed by atoms with Crippen molar-refractivity contribution in [1.82, 2.24) is 10.3 Å². The van der Waals surface area contributed by atoms with Crippen LogP contribution in [0.3, 0.4) is 0 Å². The number of rotatable bonds is 4. The van der Waals surface area contributed by atoms with E-state index in [0.717, 1.165) is 24.5 Å². The second kappa shape index (κ2) is 6.93. The van der Waals surface area contributed by atoms with E-state index in [2.05, 4.69) is 20.5 Å². The number of benzene rings is 1. The Labute approximate surface area is 130 Å². The molecule has 2 amide bonds. The maximum Gasteiger partial charge on any atom is 0.319 e. The molecule has 3 rings (SSSR count). The van der Waals surface area contributed by atoms with Gasteiger partial charge in [-0.2, -0.15) is 0 Å². The van der Waals surface area contributed by atoms with Gasteiger partial charge in [0.05, 0.1) is 11.9 Å². The van der Waals surface area contributed by atoms with Gasteiger partial charge in [0.15, 0.2) is 0 Å². The number of urea groups is 1. The largest absolute Gasteiger partial charge is 0.357 e. The highest BCUT2D eigenvalue weighted by Crippen LogP contribution is 2.18. The van der Waals surface area contributed by atoms with Gasteiger partial charge in [-0.1, -0.05) is 30.3 Å². The van der Waals surface area contributed by atoms with E-state index in [-0.39, 0.29) is 6.03 Å². The Morgan fingerprint density at radius 2 is 1.86 bits per heavy atom. The fraction of sp³-hybridized carbons (Fsp3) is 0.294. The third kappa shape index (κ3) is 3.75. The molecule has 1 aliphatic heterocycles. The van der Waals surface area contributed by atoms with E-state index in [0.29, 0.717) is 12.2 Å². The Kier molecular flexibility index (Phi) is 4.53. The molecule has 1 fully saturated rings. The number of nitrogens with one attached hydrogen (secondary N) is 2. The maximum atomic E-state index is 11.9. The molecule has 1 aromatic carbocycles. The molecule has 0 bridgehead atoms. The van der Waals surface area contributed by atoms with Crippen LogP contribution in [0.5, 0.6) is 0 Å². The number of carbonyl (C=O) groups excluding carboxylic acids is 1. The van der Waals surface area contributed by atoms with Crippen molar-refractivity contribution < 1.29 is 4.79 Å². The summed E-state index contributed by atoms with van der Waals surface area (Å²) < 4.78 is 0. The van der Waals surface area contributed by atoms with Crippen molar-refractivity contribution in [2.75, 3.05) is 23.3 Å². The lowest BCUT2D eigenvalue weighted by molar-refractivity contribution is 0.251. The normalized spacial score (nSPS) is 13.9. The van der Waals surface area contributed by atoms with E-state index in [1.807, 2.05) is 42.5 Å². The molecule has 1 aromatic heterocycles. The van der Waals surface area contributed by atoms with Crippen LogP contribution >= 0.6 is 0 Å². The summed E-state index contributed by atoms with van der Waals surface area (Å²) in [6.45, 7) is 2.64. The summed E-state index contributed by atoms with van der Waals surface area (Å²) in [6.07, 6.45) is 4.16. The van der Waals surface area contributed by atoms with Crippen LogP contribution in [0, 0.1) is 0 Å². The van der Waals surface area contributed by atoms with Crippen molar-refractivity contribution in [2.45, 2.75) is 19.4 Å². The molecule has 0 atom stereocenters. The molecule has 2 heterocycles. The molecule has 22 heavy (non-hydrogen) atoms. The van der Waals surface area contributed by atoms with Crippen LogP contribution in [-0.4, -0.2) is 24.1 Å². The highest BCUT2D eigenvalue weighted by Gasteiger charge is 2.13. The van der Waals surface area contributed by atoms with Gasteiger partial charge >= 0.3 is 6.03 Å². The highest BCUT2D eigenvalue weighted by molar-refractivity contribution is 5.89. The number of aromatic nitrogens is 1. The van der Waals surface area contributed by atoms with E-state index in [9.17, 15) is 4.79 Å². The molecule has 2 aromatic rings. The Balaban J connectivity index is 1.50. The standard InChI is InChI=1S/C17H20N4O/c22-17(19-12-14-6-2-1-3-7-14)20-15-8-9-16(18-13-15)21-10-4-5-11-21/h1-3,6-9,13H,4-5,10-12H2,(H2,19,20,22). The average molecular weight is 296 g/mol. The maximum absolute atomic E-state index is 11.9. The first-order valence-electron chi connectivity index (χ1n) is 7.61. The Morgan fingerprint density at radius 3 is 2.55 bits per heavy atom. The predicted octanol–water partition coefficient (Wildman–Crippen LogP) is 3.00. The van der Waals surface area contributed by atoms with Gasteiger partial charge in [0.25, 0.3) is 0 Å². The molecular formula is C17H20N4O. The van der Waals surface area contributed by atoms with Gasteiger partial charge in [-0.15, -0.1) is 0 Å². The molecule has 114 valence electrons. The number of pyridine rings is 1. The molecule has 5 heteroatoms. The summed E-state index contributed by atoms with van der Waals surface area (Å²) in [5.74, 6) is 0.979. The Morgan fingerprint density at radius 1 is 1.09 bits per heavy atom. The Hall–Kier alpha value is -2.56. The Bertz CT molecular complexity index is 606. The SMILES string of the molecule is O=C(NCc1ccccc1)Nc1ccc(N2CCCC2)nc1. The van der Waals surface area contributed by atoms with Crippen molar-refractivity contribution in [3.05, 3.63) is 54.2 Å². The van der Waals surface area contributed by atoms with Gasteiger partial charge in [0.1, 0.15) is 5.82 Å². The minimum Gasteiger partial charge on any atom is -0.357 e. The molecular weight excluding hydrogens is 276 g/mol. The molecule has 0 unspecified atom stereocenters. The first-order valence-corrected chi connectivity index (χ1v) is 7.61.